The van der Waals surface area contributed by atoms with Crippen LogP contribution in [0.3, 0.4) is 0 Å². The van der Waals surface area contributed by atoms with Crippen molar-refractivity contribution in [2.45, 2.75) is 4.90 Å². The van der Waals surface area contributed by atoms with E-state index in [1.54, 1.807) is 0 Å². The highest BCUT2D eigenvalue weighted by atomic mass is 32.2. The fraction of sp³-hybridized carbons (Fsp3) is 0. The number of rotatable bonds is 3. The van der Waals surface area contributed by atoms with Crippen LogP contribution >= 0.6 is 11.5 Å². The minimum absolute atomic E-state index is 0.109. The second kappa shape index (κ2) is 4.46. The van der Waals surface area contributed by atoms with Gasteiger partial charge in [0.05, 0.1) is 6.20 Å². The van der Waals surface area contributed by atoms with Crippen LogP contribution in [0.1, 0.15) is 0 Å². The van der Waals surface area contributed by atoms with Crippen molar-refractivity contribution in [1.29, 1.82) is 0 Å². The van der Waals surface area contributed by atoms with Crippen LogP contribution < -0.4 is 10.5 Å². The summed E-state index contributed by atoms with van der Waals surface area (Å²) in [6.07, 6.45) is 1.16. The fourth-order valence-electron chi connectivity index (χ4n) is 1.16. The number of benzene rings is 1. The third kappa shape index (κ3) is 2.24. The van der Waals surface area contributed by atoms with E-state index >= 15 is 0 Å². The molecule has 0 amide bonds. The van der Waals surface area contributed by atoms with E-state index in [1.807, 2.05) is 4.72 Å². The lowest BCUT2D eigenvalue weighted by Crippen LogP contribution is -2.15. The van der Waals surface area contributed by atoms with E-state index < -0.39 is 32.2 Å². The topological polar surface area (TPSA) is 98.0 Å². The van der Waals surface area contributed by atoms with Crippen LogP contribution in [0.25, 0.3) is 0 Å². The lowest BCUT2D eigenvalue weighted by Gasteiger charge is -2.08. The maximum atomic E-state index is 13.6. The Bertz CT molecular complexity index is 673. The van der Waals surface area contributed by atoms with Crippen molar-refractivity contribution < 1.29 is 17.2 Å². The van der Waals surface area contributed by atoms with Crippen LogP contribution in [0.5, 0.6) is 0 Å². The lowest BCUT2D eigenvalue weighted by molar-refractivity contribution is 0.557. The predicted octanol–water partition coefficient (Wildman–Crippen LogP) is 1.20. The average Bonchev–Trinajstić information content (AvgIpc) is 2.77. The molecule has 0 atom stereocenters. The molecule has 1 heterocycles. The Kier molecular flexibility index (Phi) is 3.13. The molecule has 0 bridgehead atoms. The Hall–Kier alpha value is -1.81. The monoisotopic (exact) mass is 292 g/mol. The number of nitrogens with zero attached hydrogens (tertiary/aromatic N) is 2. The Morgan fingerprint density at radius 2 is 2.06 bits per heavy atom. The normalized spacial score (nSPS) is 11.4. The number of anilines is 2. The molecule has 1 aromatic heterocycles. The Balaban J connectivity index is 2.45. The summed E-state index contributed by atoms with van der Waals surface area (Å²) in [5.74, 6) is -2.36. The first-order chi connectivity index (χ1) is 8.42. The van der Waals surface area contributed by atoms with Crippen LogP contribution in [0.2, 0.25) is 0 Å². The summed E-state index contributed by atoms with van der Waals surface area (Å²) >= 11 is 0.779. The molecule has 6 nitrogen and oxygen atoms in total. The number of nitrogens with two attached hydrogens (primary N) is 1. The van der Waals surface area contributed by atoms with Crippen LogP contribution in [-0.2, 0) is 10.0 Å². The van der Waals surface area contributed by atoms with E-state index in [0.29, 0.717) is 0 Å². The molecule has 0 saturated carbocycles. The maximum Gasteiger partial charge on any atom is 0.265 e. The van der Waals surface area contributed by atoms with Crippen molar-refractivity contribution in [2.75, 3.05) is 10.5 Å². The number of aromatic nitrogens is 2. The SMILES string of the molecule is Nc1c(F)ccc(S(=O)(=O)Nc2cnns2)c1F. The van der Waals surface area contributed by atoms with Crippen molar-refractivity contribution >= 4 is 32.2 Å². The van der Waals surface area contributed by atoms with E-state index in [-0.39, 0.29) is 5.00 Å². The lowest BCUT2D eigenvalue weighted by atomic mass is 10.3. The van der Waals surface area contributed by atoms with Gasteiger partial charge in [-0.05, 0) is 12.1 Å². The Morgan fingerprint density at radius 3 is 2.67 bits per heavy atom. The molecular weight excluding hydrogens is 286 g/mol. The molecule has 0 saturated heterocycles. The first-order valence-corrected chi connectivity index (χ1v) is 6.71. The summed E-state index contributed by atoms with van der Waals surface area (Å²) < 4.78 is 55.6. The zero-order chi connectivity index (χ0) is 13.3. The van der Waals surface area contributed by atoms with Crippen LogP contribution in [0.15, 0.2) is 23.2 Å². The molecule has 0 radical (unpaired) electrons. The van der Waals surface area contributed by atoms with Crippen LogP contribution in [-0.4, -0.2) is 18.0 Å². The summed E-state index contributed by atoms with van der Waals surface area (Å²) in [5.41, 5.74) is 4.24. The van der Waals surface area contributed by atoms with Gasteiger partial charge in [0.15, 0.2) is 5.82 Å². The molecule has 2 aromatic rings. The molecular formula is C8H6F2N4O2S2. The molecule has 0 spiro atoms. The Labute approximate surface area is 105 Å². The molecule has 0 aliphatic heterocycles. The molecule has 0 unspecified atom stereocenters. The van der Waals surface area contributed by atoms with Gasteiger partial charge in [-0.25, -0.2) is 17.2 Å². The number of halogens is 2. The molecule has 0 fully saturated rings. The van der Waals surface area contributed by atoms with Crippen LogP contribution in [0.4, 0.5) is 19.5 Å². The van der Waals surface area contributed by atoms with Gasteiger partial charge in [0, 0.05) is 11.5 Å². The van der Waals surface area contributed by atoms with Crippen molar-refractivity contribution in [1.82, 2.24) is 9.59 Å². The van der Waals surface area contributed by atoms with Gasteiger partial charge in [-0.3, -0.25) is 4.72 Å². The summed E-state index contributed by atoms with van der Waals surface area (Å²) in [7, 11) is -4.19. The van der Waals surface area contributed by atoms with Gasteiger partial charge >= 0.3 is 0 Å². The highest BCUT2D eigenvalue weighted by Gasteiger charge is 2.23. The smallest absolute Gasteiger partial charge is 0.265 e. The van der Waals surface area contributed by atoms with Crippen molar-refractivity contribution in [3.05, 3.63) is 30.0 Å². The highest BCUT2D eigenvalue weighted by molar-refractivity contribution is 7.93. The van der Waals surface area contributed by atoms with E-state index in [1.165, 1.54) is 0 Å². The second-order valence-electron chi connectivity index (χ2n) is 3.16. The van der Waals surface area contributed by atoms with Gasteiger partial charge in [-0.15, -0.1) is 5.10 Å². The summed E-state index contributed by atoms with van der Waals surface area (Å²) in [6.45, 7) is 0. The third-order valence-corrected chi connectivity index (χ3v) is 4.07. The number of nitrogens with one attached hydrogen (secondary N) is 1. The van der Waals surface area contributed by atoms with E-state index in [4.69, 9.17) is 5.73 Å². The minimum Gasteiger partial charge on any atom is -0.394 e. The first-order valence-electron chi connectivity index (χ1n) is 4.45. The fourth-order valence-corrected chi connectivity index (χ4v) is 2.93. The first kappa shape index (κ1) is 12.6. The van der Waals surface area contributed by atoms with Gasteiger partial charge in [-0.2, -0.15) is 0 Å². The summed E-state index contributed by atoms with van der Waals surface area (Å²) in [6, 6.07) is 1.57. The maximum absolute atomic E-state index is 13.6. The molecule has 18 heavy (non-hydrogen) atoms. The quantitative estimate of drug-likeness (QED) is 0.828. The van der Waals surface area contributed by atoms with Gasteiger partial charge in [-0.1, -0.05) is 4.49 Å². The Morgan fingerprint density at radius 1 is 1.33 bits per heavy atom. The van der Waals surface area contributed by atoms with Crippen molar-refractivity contribution in [3.8, 4) is 0 Å². The van der Waals surface area contributed by atoms with Gasteiger partial charge in [0.25, 0.3) is 10.0 Å². The number of sulfonamides is 1. The third-order valence-electron chi connectivity index (χ3n) is 1.98. The second-order valence-corrected chi connectivity index (χ2v) is 5.60. The van der Waals surface area contributed by atoms with Crippen molar-refractivity contribution in [2.24, 2.45) is 0 Å². The minimum atomic E-state index is -4.19. The molecule has 96 valence electrons. The van der Waals surface area contributed by atoms with Gasteiger partial charge in [0.2, 0.25) is 0 Å². The predicted molar refractivity (Wildman–Crippen MR) is 61.5 cm³/mol. The van der Waals surface area contributed by atoms with Gasteiger partial charge < -0.3 is 5.73 Å². The van der Waals surface area contributed by atoms with E-state index in [0.717, 1.165) is 29.9 Å². The molecule has 3 N–H and O–H groups in total. The number of hydrogen-bond acceptors (Lipinski definition) is 6. The van der Waals surface area contributed by atoms with Gasteiger partial charge in [0.1, 0.15) is 21.4 Å². The van der Waals surface area contributed by atoms with Crippen molar-refractivity contribution in [3.63, 3.8) is 0 Å². The standard InChI is InChI=1S/C8H6F2N4O2S2/c9-4-1-2-5(7(10)8(4)11)18(15,16)13-6-3-12-14-17-6/h1-3,13H,11H2. The summed E-state index contributed by atoms with van der Waals surface area (Å²) in [5, 5.41) is 3.53. The zero-order valence-electron chi connectivity index (χ0n) is 8.59. The molecule has 0 aliphatic carbocycles. The van der Waals surface area contributed by atoms with E-state index in [2.05, 4.69) is 9.59 Å². The van der Waals surface area contributed by atoms with E-state index in [9.17, 15) is 17.2 Å². The molecule has 2 rings (SSSR count). The molecule has 0 aliphatic rings. The average molecular weight is 292 g/mol. The summed E-state index contributed by atoms with van der Waals surface area (Å²) in [4.78, 5) is -0.741. The largest absolute Gasteiger partial charge is 0.394 e. The highest BCUT2D eigenvalue weighted by Crippen LogP contribution is 2.25. The van der Waals surface area contributed by atoms with Crippen LogP contribution in [0, 0.1) is 11.6 Å². The zero-order valence-corrected chi connectivity index (χ0v) is 10.2. The number of hydrogen-bond donors (Lipinski definition) is 2. The molecule has 1 aromatic carbocycles. The number of nitrogen functional groups attached to an aromatic ring is 1. The molecule has 10 heteroatoms.